The van der Waals surface area contributed by atoms with Gasteiger partial charge in [-0.15, -0.1) is 0 Å². The molecule has 1 amide bonds. The van der Waals surface area contributed by atoms with E-state index in [0.29, 0.717) is 65.6 Å². The number of aromatic nitrogens is 4. The molecule has 0 bridgehead atoms. The van der Waals surface area contributed by atoms with E-state index in [1.165, 1.54) is 28.5 Å². The van der Waals surface area contributed by atoms with Gasteiger partial charge in [-0.3, -0.25) is 14.2 Å². The second-order valence-corrected chi connectivity index (χ2v) is 12.7. The maximum absolute atomic E-state index is 14.6. The fourth-order valence-electron chi connectivity index (χ4n) is 6.38. The molecule has 0 aliphatic carbocycles. The van der Waals surface area contributed by atoms with Crippen molar-refractivity contribution in [2.45, 2.75) is 30.6 Å². The maximum atomic E-state index is 14.6. The third-order valence-corrected chi connectivity index (χ3v) is 9.43. The molecule has 240 valence electrons. The number of hydrogen-bond donors (Lipinski definition) is 0. The Balaban J connectivity index is 1.40. The predicted octanol–water partition coefficient (Wildman–Crippen LogP) is 6.09. The first-order valence-electron chi connectivity index (χ1n) is 15.1. The first-order chi connectivity index (χ1) is 22.8. The van der Waals surface area contributed by atoms with Crippen LogP contribution in [0.5, 0.6) is 5.75 Å². The number of anilines is 2. The summed E-state index contributed by atoms with van der Waals surface area (Å²) < 4.78 is 21.3. The zero-order chi connectivity index (χ0) is 32.8. The predicted molar refractivity (Wildman–Crippen MR) is 182 cm³/mol. The number of ether oxygens (including phenoxy) is 1. The van der Waals surface area contributed by atoms with Crippen molar-refractivity contribution in [3.8, 4) is 11.4 Å². The largest absolute Gasteiger partial charge is 0.497 e. The van der Waals surface area contributed by atoms with Gasteiger partial charge in [-0.2, -0.15) is 0 Å². The van der Waals surface area contributed by atoms with Crippen molar-refractivity contribution in [2.24, 2.45) is 0 Å². The summed E-state index contributed by atoms with van der Waals surface area (Å²) in [4.78, 5) is 48.6. The topological polar surface area (TPSA) is 96.7 Å². The minimum Gasteiger partial charge on any atom is -0.497 e. The molecule has 0 N–H and O–H groups in total. The first kappa shape index (κ1) is 30.9. The summed E-state index contributed by atoms with van der Waals surface area (Å²) in [6.07, 6.45) is 3.28. The highest BCUT2D eigenvalue weighted by molar-refractivity contribution is 7.98. The van der Waals surface area contributed by atoms with Crippen molar-refractivity contribution in [3.05, 3.63) is 105 Å². The number of nitrogens with zero attached hydrogens (tertiary/aromatic N) is 7. The van der Waals surface area contributed by atoms with E-state index in [9.17, 15) is 14.0 Å². The van der Waals surface area contributed by atoms with E-state index in [4.69, 9.17) is 31.3 Å². The molecule has 13 heteroatoms. The van der Waals surface area contributed by atoms with Crippen LogP contribution in [0.1, 0.15) is 40.6 Å². The fraction of sp³-hybridized carbons (Fsp3) is 0.265. The Kier molecular flexibility index (Phi) is 8.23. The highest BCUT2D eigenvalue weighted by atomic mass is 35.5. The van der Waals surface area contributed by atoms with Crippen LogP contribution in [0.4, 0.5) is 16.0 Å². The number of methoxy groups -OCH3 is 1. The number of fused-ring (bicyclic) bond motifs is 2. The molecule has 10 nitrogen and oxygen atoms in total. The van der Waals surface area contributed by atoms with Gasteiger partial charge in [0.25, 0.3) is 11.5 Å². The Morgan fingerprint density at radius 1 is 1.02 bits per heavy atom. The Morgan fingerprint density at radius 2 is 1.79 bits per heavy atom. The normalized spacial score (nSPS) is 16.2. The Morgan fingerprint density at radius 3 is 2.53 bits per heavy atom. The van der Waals surface area contributed by atoms with Gasteiger partial charge in [0.15, 0.2) is 5.16 Å². The van der Waals surface area contributed by atoms with Gasteiger partial charge in [0.1, 0.15) is 34.6 Å². The molecule has 0 spiro atoms. The molecular weight excluding hydrogens is 641 g/mol. The van der Waals surface area contributed by atoms with E-state index in [-0.39, 0.29) is 16.3 Å². The molecule has 0 saturated carbocycles. The number of rotatable bonds is 7. The van der Waals surface area contributed by atoms with Crippen LogP contribution in [0, 0.1) is 5.82 Å². The van der Waals surface area contributed by atoms with Crippen molar-refractivity contribution < 1.29 is 13.9 Å². The van der Waals surface area contributed by atoms with Gasteiger partial charge >= 0.3 is 0 Å². The van der Waals surface area contributed by atoms with Crippen LogP contribution < -0.4 is 20.1 Å². The molecule has 2 aliphatic heterocycles. The zero-order valence-corrected chi connectivity index (χ0v) is 27.6. The number of carbonyl (C=O) groups is 1. The number of benzene rings is 3. The van der Waals surface area contributed by atoms with E-state index < -0.39 is 17.4 Å². The summed E-state index contributed by atoms with van der Waals surface area (Å²) in [6, 6.07) is 18.3. The van der Waals surface area contributed by atoms with Crippen LogP contribution in [0.15, 0.2) is 76.7 Å². The summed E-state index contributed by atoms with van der Waals surface area (Å²) in [5.41, 5.74) is 1.79. The van der Waals surface area contributed by atoms with Crippen molar-refractivity contribution in [1.29, 1.82) is 0 Å². The molecule has 2 aromatic heterocycles. The van der Waals surface area contributed by atoms with Gasteiger partial charge in [0.05, 0.1) is 41.4 Å². The SMILES string of the molecule is COc1ccc(CN2CN(C)C(=O)c3c2nc(SC)nc3N2CCCC2c2nc3cccc(Cl)c3c(=O)n2-c2cccc(F)c2)cc1. The molecule has 2 aliphatic rings. The van der Waals surface area contributed by atoms with E-state index in [1.807, 2.05) is 35.4 Å². The highest BCUT2D eigenvalue weighted by Gasteiger charge is 2.39. The first-order valence-corrected chi connectivity index (χ1v) is 16.7. The molecule has 1 unspecified atom stereocenters. The lowest BCUT2D eigenvalue weighted by molar-refractivity contribution is 0.0780. The molecule has 1 atom stereocenters. The summed E-state index contributed by atoms with van der Waals surface area (Å²) in [7, 11) is 3.39. The molecule has 47 heavy (non-hydrogen) atoms. The van der Waals surface area contributed by atoms with Gasteiger partial charge in [-0.05, 0) is 67.1 Å². The molecule has 5 aromatic rings. The minimum absolute atomic E-state index is 0.194. The number of halogens is 2. The van der Waals surface area contributed by atoms with Gasteiger partial charge in [0, 0.05) is 20.1 Å². The third kappa shape index (κ3) is 5.55. The Bertz CT molecular complexity index is 2080. The van der Waals surface area contributed by atoms with E-state index in [1.54, 1.807) is 49.4 Å². The van der Waals surface area contributed by atoms with Crippen LogP contribution in [0.2, 0.25) is 5.02 Å². The zero-order valence-electron chi connectivity index (χ0n) is 26.0. The smallest absolute Gasteiger partial charge is 0.267 e. The lowest BCUT2D eigenvalue weighted by Gasteiger charge is -2.38. The number of hydrogen-bond acceptors (Lipinski definition) is 9. The standard InChI is InChI=1S/C34H31ClFN7O3S/c1-40-19-41(18-20-12-14-23(46-2)15-13-20)30-28(32(40)44)31(39-34(38-30)47-3)42-16-6-11-26(42)29-37-25-10-5-9-24(35)27(25)33(45)43(29)22-8-4-7-21(36)17-22/h4-5,7-10,12-15,17,26H,6,11,16,18-19H2,1-3H3. The highest BCUT2D eigenvalue weighted by Crippen LogP contribution is 2.42. The quantitative estimate of drug-likeness (QED) is 0.150. The van der Waals surface area contributed by atoms with Crippen molar-refractivity contribution >= 4 is 51.8 Å². The van der Waals surface area contributed by atoms with Crippen LogP contribution >= 0.6 is 23.4 Å². The average Bonchev–Trinajstić information content (AvgIpc) is 3.56. The molecular formula is C34H31ClFN7O3S. The van der Waals surface area contributed by atoms with E-state index in [0.717, 1.165) is 17.7 Å². The lowest BCUT2D eigenvalue weighted by atomic mass is 10.1. The molecule has 1 fully saturated rings. The van der Waals surface area contributed by atoms with Crippen LogP contribution in [-0.2, 0) is 6.54 Å². The summed E-state index contributed by atoms with van der Waals surface area (Å²) >= 11 is 7.90. The minimum atomic E-state index is -0.483. The molecule has 1 saturated heterocycles. The number of carbonyl (C=O) groups excluding carboxylic acids is 1. The van der Waals surface area contributed by atoms with Gasteiger partial charge in [-0.25, -0.2) is 19.3 Å². The molecule has 0 radical (unpaired) electrons. The average molecular weight is 672 g/mol. The lowest BCUT2D eigenvalue weighted by Crippen LogP contribution is -2.46. The maximum Gasteiger partial charge on any atom is 0.267 e. The van der Waals surface area contributed by atoms with Crippen molar-refractivity contribution in [3.63, 3.8) is 0 Å². The number of thioether (sulfide) groups is 1. The Hall–Kier alpha value is -4.68. The molecule has 4 heterocycles. The third-order valence-electron chi connectivity index (χ3n) is 8.57. The second kappa shape index (κ2) is 12.5. The van der Waals surface area contributed by atoms with Crippen molar-refractivity contribution in [1.82, 2.24) is 24.4 Å². The second-order valence-electron chi connectivity index (χ2n) is 11.5. The summed E-state index contributed by atoms with van der Waals surface area (Å²) in [5, 5.41) is 1.03. The summed E-state index contributed by atoms with van der Waals surface area (Å²) in [6.45, 7) is 1.41. The molecule has 7 rings (SSSR count). The van der Waals surface area contributed by atoms with Crippen LogP contribution in [-0.4, -0.2) is 64.0 Å². The summed E-state index contributed by atoms with van der Waals surface area (Å²) in [5.74, 6) is 1.52. The van der Waals surface area contributed by atoms with E-state index in [2.05, 4.69) is 4.90 Å². The Labute approximate surface area is 279 Å². The van der Waals surface area contributed by atoms with Gasteiger partial charge in [-0.1, -0.05) is 47.6 Å². The molecule has 3 aromatic carbocycles. The van der Waals surface area contributed by atoms with Gasteiger partial charge < -0.3 is 19.4 Å². The van der Waals surface area contributed by atoms with Crippen LogP contribution in [0.3, 0.4) is 0 Å². The number of amides is 1. The monoisotopic (exact) mass is 671 g/mol. The van der Waals surface area contributed by atoms with Crippen LogP contribution in [0.25, 0.3) is 16.6 Å². The fourth-order valence-corrected chi connectivity index (χ4v) is 6.98. The van der Waals surface area contributed by atoms with Crippen molar-refractivity contribution in [2.75, 3.05) is 43.4 Å². The van der Waals surface area contributed by atoms with Gasteiger partial charge in [0.2, 0.25) is 0 Å². The van der Waals surface area contributed by atoms with E-state index >= 15 is 0 Å².